The smallest absolute Gasteiger partial charge is 0.315 e. The summed E-state index contributed by atoms with van der Waals surface area (Å²) in [4.78, 5) is 24.8. The Kier molecular flexibility index (Phi) is 6.00. The molecule has 1 rings (SSSR count). The van der Waals surface area contributed by atoms with Gasteiger partial charge in [-0.2, -0.15) is 0 Å². The van der Waals surface area contributed by atoms with E-state index >= 15 is 0 Å². The van der Waals surface area contributed by atoms with E-state index < -0.39 is 0 Å². The number of rotatable bonds is 2. The minimum Gasteiger partial charge on any atom is -0.345 e. The molecule has 0 heterocycles. The van der Waals surface area contributed by atoms with Gasteiger partial charge in [-0.05, 0) is 45.0 Å². The van der Waals surface area contributed by atoms with Crippen molar-refractivity contribution in [2.75, 3.05) is 20.6 Å². The van der Waals surface area contributed by atoms with Gasteiger partial charge in [0.2, 0.25) is 0 Å². The predicted molar refractivity (Wildman–Crippen MR) is 87.6 cm³/mol. The molecule has 2 N–H and O–H groups in total. The lowest BCUT2D eigenvalue weighted by Crippen LogP contribution is -2.46. The monoisotopic (exact) mass is 301 g/mol. The molecular formula is C17H23N3O2. The van der Waals surface area contributed by atoms with Crippen molar-refractivity contribution in [2.45, 2.75) is 26.3 Å². The minimum atomic E-state index is -0.272. The standard InChI is InChI=1S/C17H23N3O2/c1-17(2,3)19-16(22)18-12-6-7-13-8-10-14(11-9-13)15(21)20(4)5/h8-11H,12H2,1-5H3,(H2,18,19,22). The Balaban J connectivity index is 2.52. The third-order valence-electron chi connectivity index (χ3n) is 2.60. The first-order chi connectivity index (χ1) is 10.2. The minimum absolute atomic E-state index is 0.0416. The summed E-state index contributed by atoms with van der Waals surface area (Å²) in [6.45, 7) is 6.00. The van der Waals surface area contributed by atoms with Crippen LogP contribution < -0.4 is 10.6 Å². The van der Waals surface area contributed by atoms with Crippen molar-refractivity contribution in [1.29, 1.82) is 0 Å². The first kappa shape index (κ1) is 17.6. The summed E-state index contributed by atoms with van der Waals surface area (Å²) in [6, 6.07) is 6.82. The summed E-state index contributed by atoms with van der Waals surface area (Å²) in [5.41, 5.74) is 1.15. The lowest BCUT2D eigenvalue weighted by molar-refractivity contribution is 0.0827. The van der Waals surface area contributed by atoms with Crippen molar-refractivity contribution in [3.05, 3.63) is 35.4 Å². The molecule has 0 aromatic heterocycles. The second-order valence-electron chi connectivity index (χ2n) is 6.14. The molecule has 0 spiro atoms. The molecule has 118 valence electrons. The average Bonchev–Trinajstić information content (AvgIpc) is 2.41. The summed E-state index contributed by atoms with van der Waals surface area (Å²) >= 11 is 0. The SMILES string of the molecule is CN(C)C(=O)c1ccc(C#CCNC(=O)NC(C)(C)C)cc1. The zero-order valence-corrected chi connectivity index (χ0v) is 13.8. The molecule has 0 radical (unpaired) electrons. The topological polar surface area (TPSA) is 61.4 Å². The summed E-state index contributed by atoms with van der Waals surface area (Å²) in [6.07, 6.45) is 0. The van der Waals surface area contributed by atoms with Gasteiger partial charge < -0.3 is 15.5 Å². The van der Waals surface area contributed by atoms with Crippen LogP contribution in [0.4, 0.5) is 4.79 Å². The number of amides is 3. The van der Waals surface area contributed by atoms with E-state index in [1.165, 1.54) is 4.90 Å². The molecule has 0 aliphatic rings. The molecule has 0 fully saturated rings. The highest BCUT2D eigenvalue weighted by atomic mass is 16.2. The van der Waals surface area contributed by atoms with Gasteiger partial charge in [-0.1, -0.05) is 11.8 Å². The van der Waals surface area contributed by atoms with Gasteiger partial charge in [0.1, 0.15) is 0 Å². The zero-order valence-electron chi connectivity index (χ0n) is 13.8. The Hall–Kier alpha value is -2.48. The fraction of sp³-hybridized carbons (Fsp3) is 0.412. The largest absolute Gasteiger partial charge is 0.345 e. The van der Waals surface area contributed by atoms with Crippen LogP contribution in [0.25, 0.3) is 0 Å². The molecule has 0 aliphatic heterocycles. The van der Waals surface area contributed by atoms with Crippen molar-refractivity contribution < 1.29 is 9.59 Å². The Morgan fingerprint density at radius 3 is 2.23 bits per heavy atom. The second kappa shape index (κ2) is 7.51. The zero-order chi connectivity index (χ0) is 16.8. The fourth-order valence-corrected chi connectivity index (χ4v) is 1.61. The maximum absolute atomic E-state index is 11.7. The van der Waals surface area contributed by atoms with Gasteiger partial charge in [0.25, 0.3) is 5.91 Å². The van der Waals surface area contributed by atoms with Crippen molar-refractivity contribution in [3.63, 3.8) is 0 Å². The molecule has 0 bridgehead atoms. The fourth-order valence-electron chi connectivity index (χ4n) is 1.61. The van der Waals surface area contributed by atoms with Crippen LogP contribution in [0, 0.1) is 11.8 Å². The second-order valence-corrected chi connectivity index (χ2v) is 6.14. The van der Waals surface area contributed by atoms with Crippen LogP contribution in [-0.2, 0) is 0 Å². The van der Waals surface area contributed by atoms with E-state index in [-0.39, 0.29) is 24.0 Å². The van der Waals surface area contributed by atoms with Crippen molar-refractivity contribution in [3.8, 4) is 11.8 Å². The summed E-state index contributed by atoms with van der Waals surface area (Å²) in [5, 5.41) is 5.46. The summed E-state index contributed by atoms with van der Waals surface area (Å²) in [5.74, 6) is 5.77. The summed E-state index contributed by atoms with van der Waals surface area (Å²) < 4.78 is 0. The first-order valence-corrected chi connectivity index (χ1v) is 7.05. The molecular weight excluding hydrogens is 278 g/mol. The average molecular weight is 301 g/mol. The molecule has 0 aliphatic carbocycles. The molecule has 1 aromatic carbocycles. The maximum atomic E-state index is 11.7. The number of nitrogens with one attached hydrogen (secondary N) is 2. The van der Waals surface area contributed by atoms with Crippen LogP contribution in [0.3, 0.4) is 0 Å². The van der Waals surface area contributed by atoms with Gasteiger partial charge in [0.05, 0.1) is 6.54 Å². The van der Waals surface area contributed by atoms with Crippen molar-refractivity contribution in [2.24, 2.45) is 0 Å². The van der Waals surface area contributed by atoms with Crippen LogP contribution in [0.5, 0.6) is 0 Å². The van der Waals surface area contributed by atoms with E-state index in [9.17, 15) is 9.59 Å². The van der Waals surface area contributed by atoms with E-state index in [0.717, 1.165) is 5.56 Å². The normalized spacial score (nSPS) is 10.2. The van der Waals surface area contributed by atoms with Gasteiger partial charge in [0, 0.05) is 30.8 Å². The number of urea groups is 1. The molecule has 3 amide bonds. The van der Waals surface area contributed by atoms with Crippen LogP contribution in [0.1, 0.15) is 36.7 Å². The van der Waals surface area contributed by atoms with E-state index in [0.29, 0.717) is 5.56 Å². The van der Waals surface area contributed by atoms with E-state index in [2.05, 4.69) is 22.5 Å². The van der Waals surface area contributed by atoms with Gasteiger partial charge in [-0.15, -0.1) is 0 Å². The third kappa shape index (κ3) is 6.31. The Morgan fingerprint density at radius 1 is 1.14 bits per heavy atom. The number of nitrogens with zero attached hydrogens (tertiary/aromatic N) is 1. The quantitative estimate of drug-likeness (QED) is 0.819. The molecule has 1 aromatic rings. The third-order valence-corrected chi connectivity index (χ3v) is 2.60. The van der Waals surface area contributed by atoms with Gasteiger partial charge in [-0.25, -0.2) is 4.79 Å². The highest BCUT2D eigenvalue weighted by Crippen LogP contribution is 2.05. The van der Waals surface area contributed by atoms with Crippen LogP contribution >= 0.6 is 0 Å². The van der Waals surface area contributed by atoms with E-state index in [1.807, 2.05) is 20.8 Å². The van der Waals surface area contributed by atoms with Gasteiger partial charge >= 0.3 is 6.03 Å². The predicted octanol–water partition coefficient (Wildman–Crippen LogP) is 1.84. The lowest BCUT2D eigenvalue weighted by Gasteiger charge is -2.20. The Bertz CT molecular complexity index is 587. The summed E-state index contributed by atoms with van der Waals surface area (Å²) in [7, 11) is 3.43. The number of benzene rings is 1. The molecule has 22 heavy (non-hydrogen) atoms. The molecule has 0 saturated carbocycles. The van der Waals surface area contributed by atoms with Crippen molar-refractivity contribution in [1.82, 2.24) is 15.5 Å². The van der Waals surface area contributed by atoms with Gasteiger partial charge in [0.15, 0.2) is 0 Å². The van der Waals surface area contributed by atoms with Crippen LogP contribution in [0.2, 0.25) is 0 Å². The number of hydrogen-bond donors (Lipinski definition) is 2. The molecule has 0 saturated heterocycles. The highest BCUT2D eigenvalue weighted by molar-refractivity contribution is 5.93. The Labute approximate surface area is 132 Å². The van der Waals surface area contributed by atoms with E-state index in [4.69, 9.17) is 0 Å². The first-order valence-electron chi connectivity index (χ1n) is 7.05. The van der Waals surface area contributed by atoms with Crippen LogP contribution in [0.15, 0.2) is 24.3 Å². The lowest BCUT2D eigenvalue weighted by atomic mass is 10.1. The highest BCUT2D eigenvalue weighted by Gasteiger charge is 2.12. The van der Waals surface area contributed by atoms with Crippen molar-refractivity contribution >= 4 is 11.9 Å². The molecule has 5 heteroatoms. The van der Waals surface area contributed by atoms with Gasteiger partial charge in [-0.3, -0.25) is 4.79 Å². The molecule has 0 unspecified atom stereocenters. The molecule has 5 nitrogen and oxygen atoms in total. The van der Waals surface area contributed by atoms with Crippen LogP contribution in [-0.4, -0.2) is 43.0 Å². The van der Waals surface area contributed by atoms with E-state index in [1.54, 1.807) is 38.4 Å². The Morgan fingerprint density at radius 2 is 1.73 bits per heavy atom. The number of carbonyl (C=O) groups excluding carboxylic acids is 2. The number of carbonyl (C=O) groups is 2. The molecule has 0 atom stereocenters. The number of hydrogen-bond acceptors (Lipinski definition) is 2. The maximum Gasteiger partial charge on any atom is 0.315 e.